The van der Waals surface area contributed by atoms with Crippen LogP contribution in [0.25, 0.3) is 16.9 Å². The Balaban J connectivity index is 1.48. The van der Waals surface area contributed by atoms with E-state index in [0.717, 1.165) is 39.1 Å². The van der Waals surface area contributed by atoms with Crippen LogP contribution in [0, 0.1) is 0 Å². The Bertz CT molecular complexity index is 1140. The van der Waals surface area contributed by atoms with Gasteiger partial charge in [0.1, 0.15) is 5.69 Å². The molecule has 1 aromatic rings. The number of nitrogens with zero attached hydrogens (tertiary/aromatic N) is 5. The van der Waals surface area contributed by atoms with Crippen LogP contribution < -0.4 is 5.56 Å². The third-order valence-electron chi connectivity index (χ3n) is 6.88. The number of carbonyl (C=O) groups excluding carboxylic acids is 1. The summed E-state index contributed by atoms with van der Waals surface area (Å²) in [5, 5.41) is 4.63. The molecule has 0 aliphatic carbocycles. The number of ether oxygens (including phenoxy) is 1. The van der Waals surface area contributed by atoms with Gasteiger partial charge in [-0.1, -0.05) is 31.5 Å². The van der Waals surface area contributed by atoms with Crippen molar-refractivity contribution in [2.45, 2.75) is 45.3 Å². The van der Waals surface area contributed by atoms with Crippen LogP contribution >= 0.6 is 0 Å². The SMILES string of the molecule is CCCCN1CCN(C(=O)c2cn(C[C@H]3CCCO3)cc3c(=O)n(-c4ccccc4)nc2-3)CC1. The normalized spacial score (nSPS) is 19.2. The molecule has 180 valence electrons. The molecule has 0 saturated carbocycles. The van der Waals surface area contributed by atoms with Gasteiger partial charge in [0, 0.05) is 51.7 Å². The van der Waals surface area contributed by atoms with Gasteiger partial charge in [-0.05, 0) is 37.9 Å². The van der Waals surface area contributed by atoms with Crippen LogP contribution in [0.4, 0.5) is 0 Å². The Kier molecular flexibility index (Phi) is 6.78. The van der Waals surface area contributed by atoms with Gasteiger partial charge in [-0.3, -0.25) is 14.5 Å². The second kappa shape index (κ2) is 10.1. The van der Waals surface area contributed by atoms with Crippen LogP contribution in [0.5, 0.6) is 0 Å². The fraction of sp³-hybridized carbons (Fsp3) is 0.500. The van der Waals surface area contributed by atoms with E-state index in [-0.39, 0.29) is 17.6 Å². The molecule has 0 aromatic heterocycles. The van der Waals surface area contributed by atoms with Crippen LogP contribution in [-0.4, -0.2) is 75.5 Å². The number of rotatable bonds is 7. The molecule has 4 aliphatic rings. The van der Waals surface area contributed by atoms with Crippen molar-refractivity contribution in [1.82, 2.24) is 24.1 Å². The summed E-state index contributed by atoms with van der Waals surface area (Å²) in [5.74, 6) is -0.0560. The van der Waals surface area contributed by atoms with Crippen molar-refractivity contribution >= 4 is 5.91 Å². The maximum atomic E-state index is 13.7. The summed E-state index contributed by atoms with van der Waals surface area (Å²) in [6.45, 7) is 7.80. The van der Waals surface area contributed by atoms with E-state index in [1.165, 1.54) is 17.5 Å². The molecule has 2 fully saturated rings. The highest BCUT2D eigenvalue weighted by molar-refractivity contribution is 6.00. The van der Waals surface area contributed by atoms with Gasteiger partial charge < -0.3 is 14.2 Å². The quantitative estimate of drug-likeness (QED) is 0.539. The van der Waals surface area contributed by atoms with Crippen LogP contribution in [0.3, 0.4) is 0 Å². The molecular weight excluding hydrogens is 430 g/mol. The predicted molar refractivity (Wildman–Crippen MR) is 131 cm³/mol. The monoisotopic (exact) mass is 463 g/mol. The number of pyridine rings is 1. The van der Waals surface area contributed by atoms with E-state index in [1.54, 1.807) is 0 Å². The molecule has 4 heterocycles. The molecule has 1 amide bonds. The number of piperazine rings is 1. The number of hydrogen-bond donors (Lipinski definition) is 0. The third kappa shape index (κ3) is 4.65. The Labute approximate surface area is 200 Å². The number of hydrogen-bond acceptors (Lipinski definition) is 5. The van der Waals surface area contributed by atoms with E-state index >= 15 is 0 Å². The first-order chi connectivity index (χ1) is 16.6. The van der Waals surface area contributed by atoms with Crippen molar-refractivity contribution in [2.24, 2.45) is 0 Å². The summed E-state index contributed by atoms with van der Waals surface area (Å²) in [7, 11) is 0. The summed E-state index contributed by atoms with van der Waals surface area (Å²) < 4.78 is 9.16. The molecule has 4 aliphatic heterocycles. The standard InChI is InChI=1S/C26H33N5O3/c1-2-3-11-28-12-14-30(15-13-28)25(32)22-18-29(17-21-10-7-16-34-21)19-23-24(22)27-31(26(23)33)20-8-5-4-6-9-20/h4-6,8-9,18-19,21H,2-3,7,10-17H2,1H3/t21-/m1/s1. The lowest BCUT2D eigenvalue weighted by Crippen LogP contribution is -2.49. The lowest BCUT2D eigenvalue weighted by Gasteiger charge is -2.35. The predicted octanol–water partition coefficient (Wildman–Crippen LogP) is 2.88. The lowest BCUT2D eigenvalue weighted by molar-refractivity contribution is 0.0633. The maximum absolute atomic E-state index is 13.7. The van der Waals surface area contributed by atoms with Crippen molar-refractivity contribution in [3.8, 4) is 16.9 Å². The number of amides is 1. The lowest BCUT2D eigenvalue weighted by atomic mass is 10.1. The summed E-state index contributed by atoms with van der Waals surface area (Å²) in [6.07, 6.45) is 8.17. The first kappa shape index (κ1) is 22.8. The Morgan fingerprint density at radius 1 is 1.12 bits per heavy atom. The van der Waals surface area contributed by atoms with Crippen LogP contribution in [0.15, 0.2) is 47.5 Å². The van der Waals surface area contributed by atoms with Gasteiger partial charge in [0.15, 0.2) is 0 Å². The van der Waals surface area contributed by atoms with Crippen LogP contribution in [-0.2, 0) is 11.3 Å². The third-order valence-corrected chi connectivity index (χ3v) is 6.88. The molecule has 1 aromatic carbocycles. The van der Waals surface area contributed by atoms with E-state index < -0.39 is 0 Å². The molecular formula is C26H33N5O3. The maximum Gasteiger partial charge on any atom is 0.282 e. The zero-order valence-electron chi connectivity index (χ0n) is 19.9. The van der Waals surface area contributed by atoms with Crippen LogP contribution in [0.1, 0.15) is 43.0 Å². The summed E-state index contributed by atoms with van der Waals surface area (Å²) in [5.41, 5.74) is 1.91. The topological polar surface area (TPSA) is 72.6 Å². The highest BCUT2D eigenvalue weighted by Crippen LogP contribution is 2.25. The van der Waals surface area contributed by atoms with E-state index in [9.17, 15) is 9.59 Å². The number of benzene rings is 1. The minimum atomic E-state index is -0.207. The van der Waals surface area contributed by atoms with Gasteiger partial charge in [-0.2, -0.15) is 9.78 Å². The molecule has 0 N–H and O–H groups in total. The molecule has 5 rings (SSSR count). The van der Waals surface area contributed by atoms with E-state index in [0.29, 0.717) is 42.1 Å². The second-order valence-electron chi connectivity index (χ2n) is 9.31. The van der Waals surface area contributed by atoms with E-state index in [1.807, 2.05) is 52.2 Å². The number of para-hydroxylation sites is 1. The van der Waals surface area contributed by atoms with Gasteiger partial charge in [0.25, 0.3) is 11.5 Å². The van der Waals surface area contributed by atoms with Crippen molar-refractivity contribution in [1.29, 1.82) is 0 Å². The molecule has 8 nitrogen and oxygen atoms in total. The smallest absolute Gasteiger partial charge is 0.282 e. The summed E-state index contributed by atoms with van der Waals surface area (Å²) in [6, 6.07) is 9.36. The first-order valence-electron chi connectivity index (χ1n) is 12.5. The minimum absolute atomic E-state index is 0.0560. The Hall–Kier alpha value is -2.97. The number of carbonyl (C=O) groups is 1. The summed E-state index contributed by atoms with van der Waals surface area (Å²) >= 11 is 0. The van der Waals surface area contributed by atoms with Gasteiger partial charge in [0.2, 0.25) is 0 Å². The highest BCUT2D eigenvalue weighted by Gasteiger charge is 2.29. The van der Waals surface area contributed by atoms with Crippen molar-refractivity contribution in [3.05, 3.63) is 58.6 Å². The Morgan fingerprint density at radius 3 is 2.62 bits per heavy atom. The van der Waals surface area contributed by atoms with Gasteiger partial charge in [0.05, 0.1) is 22.9 Å². The zero-order valence-corrected chi connectivity index (χ0v) is 19.9. The van der Waals surface area contributed by atoms with Crippen LogP contribution in [0.2, 0.25) is 0 Å². The molecule has 2 saturated heterocycles. The summed E-state index contributed by atoms with van der Waals surface area (Å²) in [4.78, 5) is 31.4. The van der Waals surface area contributed by atoms with Crippen molar-refractivity contribution in [2.75, 3.05) is 39.3 Å². The molecule has 0 unspecified atom stereocenters. The first-order valence-corrected chi connectivity index (χ1v) is 12.5. The number of fused-ring (bicyclic) bond motifs is 1. The van der Waals surface area contributed by atoms with Gasteiger partial charge >= 0.3 is 0 Å². The molecule has 0 spiro atoms. The molecule has 34 heavy (non-hydrogen) atoms. The minimum Gasteiger partial charge on any atom is -0.376 e. The fourth-order valence-electron chi connectivity index (χ4n) is 4.92. The van der Waals surface area contributed by atoms with Gasteiger partial charge in [-0.15, -0.1) is 0 Å². The highest BCUT2D eigenvalue weighted by atomic mass is 16.5. The van der Waals surface area contributed by atoms with E-state index in [2.05, 4.69) is 16.9 Å². The molecule has 0 radical (unpaired) electrons. The van der Waals surface area contributed by atoms with Crippen molar-refractivity contribution < 1.29 is 9.53 Å². The average Bonchev–Trinajstić information content (AvgIpc) is 3.51. The molecule has 1 atom stereocenters. The van der Waals surface area contributed by atoms with Crippen molar-refractivity contribution in [3.63, 3.8) is 0 Å². The largest absolute Gasteiger partial charge is 0.376 e. The Morgan fingerprint density at radius 2 is 1.91 bits per heavy atom. The molecule has 0 bridgehead atoms. The second-order valence-corrected chi connectivity index (χ2v) is 9.31. The van der Waals surface area contributed by atoms with E-state index in [4.69, 9.17) is 4.74 Å². The number of aromatic nitrogens is 3. The number of unbranched alkanes of at least 4 members (excludes halogenated alkanes) is 1. The zero-order chi connectivity index (χ0) is 23.5. The van der Waals surface area contributed by atoms with Gasteiger partial charge in [-0.25, -0.2) is 0 Å². The fourth-order valence-corrected chi connectivity index (χ4v) is 4.92. The molecule has 8 heteroatoms. The average molecular weight is 464 g/mol.